The largest absolute Gasteiger partial charge is 0.391 e. The minimum atomic E-state index is -0.311. The monoisotopic (exact) mass is 274 g/mol. The molecular formula is C16H22N2O2. The van der Waals surface area contributed by atoms with Crippen molar-refractivity contribution >= 4 is 11.0 Å². The number of rotatable bonds is 6. The third kappa shape index (κ3) is 3.19. The molecule has 2 atom stereocenters. The van der Waals surface area contributed by atoms with E-state index in [-0.39, 0.29) is 6.10 Å². The molecule has 1 N–H and O–H groups in total. The van der Waals surface area contributed by atoms with Gasteiger partial charge >= 0.3 is 0 Å². The summed E-state index contributed by atoms with van der Waals surface area (Å²) in [5.41, 5.74) is 2.07. The topological polar surface area (TPSA) is 47.3 Å². The van der Waals surface area contributed by atoms with Gasteiger partial charge in [-0.25, -0.2) is 4.98 Å². The smallest absolute Gasteiger partial charge is 0.0959 e. The molecule has 3 rings (SSSR count). The van der Waals surface area contributed by atoms with Crippen LogP contribution in [0.3, 0.4) is 0 Å². The third-order valence-electron chi connectivity index (χ3n) is 4.02. The summed E-state index contributed by atoms with van der Waals surface area (Å²) < 4.78 is 7.64. The van der Waals surface area contributed by atoms with E-state index in [2.05, 4.69) is 4.98 Å². The number of hydrogen-bond donors (Lipinski definition) is 1. The van der Waals surface area contributed by atoms with Crippen molar-refractivity contribution in [1.82, 2.24) is 9.55 Å². The molecule has 1 aliphatic rings. The van der Waals surface area contributed by atoms with Gasteiger partial charge in [0.05, 0.1) is 36.1 Å². The summed E-state index contributed by atoms with van der Waals surface area (Å²) in [7, 11) is 0. The molecule has 1 fully saturated rings. The van der Waals surface area contributed by atoms with E-state index in [9.17, 15) is 5.11 Å². The van der Waals surface area contributed by atoms with E-state index in [0.717, 1.165) is 36.9 Å². The van der Waals surface area contributed by atoms with Crippen molar-refractivity contribution in [3.8, 4) is 0 Å². The fraction of sp³-hybridized carbons (Fsp3) is 0.562. The third-order valence-corrected chi connectivity index (χ3v) is 4.02. The van der Waals surface area contributed by atoms with Gasteiger partial charge in [-0.2, -0.15) is 0 Å². The molecule has 4 heteroatoms. The number of aliphatic hydroxyl groups excluding tert-OH is 1. The first-order chi connectivity index (χ1) is 9.83. The minimum Gasteiger partial charge on any atom is -0.391 e. The van der Waals surface area contributed by atoms with Gasteiger partial charge in [-0.15, -0.1) is 0 Å². The summed E-state index contributed by atoms with van der Waals surface area (Å²) in [4.78, 5) is 4.35. The number of aliphatic hydroxyl groups is 1. The summed E-state index contributed by atoms with van der Waals surface area (Å²) in [5, 5.41) is 10.2. The zero-order chi connectivity index (χ0) is 13.8. The van der Waals surface area contributed by atoms with Crippen LogP contribution in [0.4, 0.5) is 0 Å². The van der Waals surface area contributed by atoms with Crippen LogP contribution >= 0.6 is 0 Å². The molecule has 0 spiro atoms. The van der Waals surface area contributed by atoms with E-state index in [1.807, 2.05) is 35.2 Å². The molecule has 1 aromatic carbocycles. The second-order valence-corrected chi connectivity index (χ2v) is 5.61. The maximum absolute atomic E-state index is 10.2. The van der Waals surface area contributed by atoms with Crippen molar-refractivity contribution in [2.24, 2.45) is 0 Å². The van der Waals surface area contributed by atoms with E-state index < -0.39 is 0 Å². The molecule has 108 valence electrons. The molecule has 0 bridgehead atoms. The fourth-order valence-electron chi connectivity index (χ4n) is 2.93. The summed E-state index contributed by atoms with van der Waals surface area (Å²) in [5.74, 6) is 0. The predicted molar refractivity (Wildman–Crippen MR) is 78.6 cm³/mol. The molecular weight excluding hydrogens is 252 g/mol. The van der Waals surface area contributed by atoms with Gasteiger partial charge in [-0.1, -0.05) is 12.1 Å². The Bertz CT molecular complexity index is 546. The lowest BCUT2D eigenvalue weighted by atomic mass is 10.1. The van der Waals surface area contributed by atoms with E-state index in [4.69, 9.17) is 4.74 Å². The summed E-state index contributed by atoms with van der Waals surface area (Å²) in [6.07, 6.45) is 7.22. The molecule has 20 heavy (non-hydrogen) atoms. The van der Waals surface area contributed by atoms with Crippen LogP contribution in [0.2, 0.25) is 0 Å². The highest BCUT2D eigenvalue weighted by atomic mass is 16.5. The van der Waals surface area contributed by atoms with Crippen LogP contribution in [0.15, 0.2) is 30.6 Å². The average molecular weight is 274 g/mol. The van der Waals surface area contributed by atoms with Gasteiger partial charge in [0.1, 0.15) is 0 Å². The average Bonchev–Trinajstić information content (AvgIpc) is 3.09. The van der Waals surface area contributed by atoms with Crippen molar-refractivity contribution < 1.29 is 9.84 Å². The van der Waals surface area contributed by atoms with Crippen LogP contribution in [0.1, 0.15) is 32.1 Å². The molecule has 2 aromatic rings. The molecule has 0 saturated carbocycles. The standard InChI is InChI=1S/C16H22N2O2/c19-13(5-3-6-14-7-4-10-20-14)11-18-12-17-15-8-1-2-9-16(15)18/h1-2,8-9,12-14,19H,3-7,10-11H2. The summed E-state index contributed by atoms with van der Waals surface area (Å²) in [6.45, 7) is 1.53. The normalized spacial score (nSPS) is 20.6. The van der Waals surface area contributed by atoms with Crippen LogP contribution in [-0.4, -0.2) is 33.5 Å². The highest BCUT2D eigenvalue weighted by Crippen LogP contribution is 2.19. The molecule has 0 amide bonds. The Kier molecular flexibility index (Phi) is 4.33. The van der Waals surface area contributed by atoms with Gasteiger partial charge in [0.2, 0.25) is 0 Å². The second kappa shape index (κ2) is 6.37. The number of fused-ring (bicyclic) bond motifs is 1. The van der Waals surface area contributed by atoms with Crippen molar-refractivity contribution in [3.63, 3.8) is 0 Å². The molecule has 2 unspecified atom stereocenters. The Morgan fingerprint density at radius 1 is 1.40 bits per heavy atom. The van der Waals surface area contributed by atoms with Gasteiger partial charge in [0.25, 0.3) is 0 Å². The Morgan fingerprint density at radius 2 is 2.30 bits per heavy atom. The first-order valence-corrected chi connectivity index (χ1v) is 7.52. The predicted octanol–water partition coefficient (Wildman–Crippen LogP) is 2.75. The molecule has 1 aromatic heterocycles. The highest BCUT2D eigenvalue weighted by Gasteiger charge is 2.16. The van der Waals surface area contributed by atoms with Gasteiger partial charge in [-0.05, 0) is 44.2 Å². The lowest BCUT2D eigenvalue weighted by Gasteiger charge is -2.14. The van der Waals surface area contributed by atoms with Crippen LogP contribution in [-0.2, 0) is 11.3 Å². The SMILES string of the molecule is OC(CCCC1CCCO1)Cn1cnc2ccccc21. The van der Waals surface area contributed by atoms with E-state index in [0.29, 0.717) is 12.6 Å². The van der Waals surface area contributed by atoms with E-state index >= 15 is 0 Å². The maximum Gasteiger partial charge on any atom is 0.0959 e. The lowest BCUT2D eigenvalue weighted by Crippen LogP contribution is -2.16. The van der Waals surface area contributed by atoms with Gasteiger partial charge in [0, 0.05) is 6.61 Å². The van der Waals surface area contributed by atoms with Crippen molar-refractivity contribution in [2.45, 2.75) is 50.9 Å². The highest BCUT2D eigenvalue weighted by molar-refractivity contribution is 5.74. The number of para-hydroxylation sites is 2. The number of imidazole rings is 1. The van der Waals surface area contributed by atoms with Gasteiger partial charge < -0.3 is 14.4 Å². The number of hydrogen-bond acceptors (Lipinski definition) is 3. The molecule has 4 nitrogen and oxygen atoms in total. The van der Waals surface area contributed by atoms with E-state index in [1.165, 1.54) is 12.8 Å². The molecule has 2 heterocycles. The molecule has 1 saturated heterocycles. The summed E-state index contributed by atoms with van der Waals surface area (Å²) >= 11 is 0. The van der Waals surface area contributed by atoms with Gasteiger partial charge in [-0.3, -0.25) is 0 Å². The minimum absolute atomic E-state index is 0.311. The maximum atomic E-state index is 10.2. The molecule has 0 radical (unpaired) electrons. The zero-order valence-electron chi connectivity index (χ0n) is 11.7. The van der Waals surface area contributed by atoms with Crippen LogP contribution in [0.25, 0.3) is 11.0 Å². The van der Waals surface area contributed by atoms with Crippen LogP contribution in [0, 0.1) is 0 Å². The Labute approximate surface area is 119 Å². The quantitative estimate of drug-likeness (QED) is 0.881. The molecule has 0 aliphatic carbocycles. The number of nitrogens with zero attached hydrogens (tertiary/aromatic N) is 2. The van der Waals surface area contributed by atoms with Gasteiger partial charge in [0.15, 0.2) is 0 Å². The van der Waals surface area contributed by atoms with Crippen molar-refractivity contribution in [1.29, 1.82) is 0 Å². The van der Waals surface area contributed by atoms with Crippen molar-refractivity contribution in [2.75, 3.05) is 6.61 Å². The first-order valence-electron chi connectivity index (χ1n) is 7.52. The number of ether oxygens (including phenoxy) is 1. The Balaban J connectivity index is 1.49. The zero-order valence-corrected chi connectivity index (χ0v) is 11.7. The Morgan fingerprint density at radius 3 is 3.15 bits per heavy atom. The summed E-state index contributed by atoms with van der Waals surface area (Å²) in [6, 6.07) is 8.03. The van der Waals surface area contributed by atoms with E-state index in [1.54, 1.807) is 0 Å². The number of benzene rings is 1. The molecule has 1 aliphatic heterocycles. The second-order valence-electron chi connectivity index (χ2n) is 5.61. The van der Waals surface area contributed by atoms with Crippen LogP contribution < -0.4 is 0 Å². The number of aromatic nitrogens is 2. The fourth-order valence-corrected chi connectivity index (χ4v) is 2.93. The van der Waals surface area contributed by atoms with Crippen LogP contribution in [0.5, 0.6) is 0 Å². The van der Waals surface area contributed by atoms with Crippen molar-refractivity contribution in [3.05, 3.63) is 30.6 Å². The lowest BCUT2D eigenvalue weighted by molar-refractivity contribution is 0.0919. The first kappa shape index (κ1) is 13.6. The Hall–Kier alpha value is -1.39.